The summed E-state index contributed by atoms with van der Waals surface area (Å²) in [6.45, 7) is 4.33. The first-order valence-corrected chi connectivity index (χ1v) is 6.85. The fraction of sp³-hybridized carbons (Fsp3) is 0.222. The van der Waals surface area contributed by atoms with Crippen LogP contribution < -0.4 is 10.1 Å². The lowest BCUT2D eigenvalue weighted by Crippen LogP contribution is -2.11. The van der Waals surface area contributed by atoms with Crippen molar-refractivity contribution in [2.75, 3.05) is 13.2 Å². The quantitative estimate of drug-likeness (QED) is 0.838. The predicted molar refractivity (Wildman–Crippen MR) is 82.6 cm³/mol. The van der Waals surface area contributed by atoms with E-state index in [4.69, 9.17) is 4.74 Å². The van der Waals surface area contributed by atoms with Crippen LogP contribution in [0.25, 0.3) is 0 Å². The van der Waals surface area contributed by atoms with Gasteiger partial charge in [-0.1, -0.05) is 49.1 Å². The van der Waals surface area contributed by atoms with E-state index in [1.807, 2.05) is 48.5 Å². The third-order valence-corrected chi connectivity index (χ3v) is 2.80. The highest BCUT2D eigenvalue weighted by Gasteiger charge is 1.95. The molecule has 2 rings (SSSR count). The Morgan fingerprint density at radius 2 is 1.90 bits per heavy atom. The molecule has 102 valence electrons. The molecule has 2 heteroatoms. The van der Waals surface area contributed by atoms with Crippen molar-refractivity contribution in [3.8, 4) is 17.6 Å². The third-order valence-electron chi connectivity index (χ3n) is 2.80. The van der Waals surface area contributed by atoms with Gasteiger partial charge in [-0.15, -0.1) is 0 Å². The highest BCUT2D eigenvalue weighted by atomic mass is 16.5. The van der Waals surface area contributed by atoms with Gasteiger partial charge in [0.1, 0.15) is 12.4 Å². The lowest BCUT2D eigenvalue weighted by molar-refractivity contribution is 0.369. The van der Waals surface area contributed by atoms with Gasteiger partial charge in [0.05, 0.1) is 0 Å². The third kappa shape index (κ3) is 4.79. The Kier molecular flexibility index (Phi) is 5.70. The second-order valence-electron chi connectivity index (χ2n) is 4.38. The van der Waals surface area contributed by atoms with E-state index in [1.165, 1.54) is 5.56 Å². The molecule has 2 aromatic rings. The fourth-order valence-electron chi connectivity index (χ4n) is 1.79. The van der Waals surface area contributed by atoms with Crippen molar-refractivity contribution in [3.63, 3.8) is 0 Å². The van der Waals surface area contributed by atoms with Crippen molar-refractivity contribution in [3.05, 3.63) is 65.7 Å². The zero-order chi connectivity index (χ0) is 14.0. The van der Waals surface area contributed by atoms with Gasteiger partial charge in [0.15, 0.2) is 0 Å². The zero-order valence-electron chi connectivity index (χ0n) is 11.7. The molecule has 0 heterocycles. The van der Waals surface area contributed by atoms with Crippen LogP contribution in [0, 0.1) is 11.8 Å². The number of hydrogen-bond donors (Lipinski definition) is 1. The summed E-state index contributed by atoms with van der Waals surface area (Å²) < 4.78 is 5.65. The van der Waals surface area contributed by atoms with E-state index in [0.717, 1.165) is 24.4 Å². The van der Waals surface area contributed by atoms with Gasteiger partial charge in [-0.3, -0.25) is 0 Å². The Morgan fingerprint density at radius 3 is 2.70 bits per heavy atom. The average Bonchev–Trinajstić information content (AvgIpc) is 2.51. The fourth-order valence-corrected chi connectivity index (χ4v) is 1.79. The predicted octanol–water partition coefficient (Wildman–Crippen LogP) is 3.23. The van der Waals surface area contributed by atoms with E-state index in [-0.39, 0.29) is 0 Å². The van der Waals surface area contributed by atoms with Gasteiger partial charge in [-0.2, -0.15) is 0 Å². The molecule has 0 bridgehead atoms. The number of nitrogens with one attached hydrogen (secondary N) is 1. The smallest absolute Gasteiger partial charge is 0.149 e. The summed E-state index contributed by atoms with van der Waals surface area (Å²) in [7, 11) is 0. The van der Waals surface area contributed by atoms with Crippen LogP contribution in [0.4, 0.5) is 0 Å². The van der Waals surface area contributed by atoms with Gasteiger partial charge < -0.3 is 10.1 Å². The van der Waals surface area contributed by atoms with Gasteiger partial charge in [0, 0.05) is 12.1 Å². The highest BCUT2D eigenvalue weighted by molar-refractivity contribution is 5.34. The van der Waals surface area contributed by atoms with Crippen LogP contribution in [0.3, 0.4) is 0 Å². The van der Waals surface area contributed by atoms with E-state index in [1.54, 1.807) is 0 Å². The van der Waals surface area contributed by atoms with Crippen molar-refractivity contribution < 1.29 is 4.74 Å². The highest BCUT2D eigenvalue weighted by Crippen LogP contribution is 2.12. The van der Waals surface area contributed by atoms with Crippen molar-refractivity contribution >= 4 is 0 Å². The van der Waals surface area contributed by atoms with E-state index >= 15 is 0 Å². The largest absolute Gasteiger partial charge is 0.481 e. The van der Waals surface area contributed by atoms with Crippen molar-refractivity contribution in [1.29, 1.82) is 0 Å². The molecule has 0 atom stereocenters. The second-order valence-corrected chi connectivity index (χ2v) is 4.38. The van der Waals surface area contributed by atoms with Crippen LogP contribution in [0.1, 0.15) is 18.1 Å². The molecule has 0 saturated carbocycles. The molecule has 2 aromatic carbocycles. The van der Waals surface area contributed by atoms with E-state index < -0.39 is 0 Å². The SMILES string of the molecule is CCNCc1cccc(OCC#Cc2ccccc2)c1. The summed E-state index contributed by atoms with van der Waals surface area (Å²) in [5.41, 5.74) is 2.23. The normalized spacial score (nSPS) is 9.65. The molecule has 0 aliphatic rings. The molecule has 0 amide bonds. The van der Waals surface area contributed by atoms with Gasteiger partial charge >= 0.3 is 0 Å². The minimum absolute atomic E-state index is 0.402. The summed E-state index contributed by atoms with van der Waals surface area (Å²) in [6, 6.07) is 18.0. The Morgan fingerprint density at radius 1 is 1.05 bits per heavy atom. The van der Waals surface area contributed by atoms with Crippen LogP contribution >= 0.6 is 0 Å². The Labute approximate surface area is 120 Å². The first kappa shape index (κ1) is 14.2. The number of ether oxygens (including phenoxy) is 1. The van der Waals surface area contributed by atoms with E-state index in [0.29, 0.717) is 6.61 Å². The summed E-state index contributed by atoms with van der Waals surface area (Å²) in [4.78, 5) is 0. The second kappa shape index (κ2) is 8.04. The average molecular weight is 265 g/mol. The van der Waals surface area contributed by atoms with Crippen LogP contribution in [-0.4, -0.2) is 13.2 Å². The standard InChI is InChI=1S/C18H19NO/c1-2-19-15-17-10-6-12-18(14-17)20-13-7-11-16-8-4-3-5-9-16/h3-6,8-10,12,14,19H,2,13,15H2,1H3. The Balaban J connectivity index is 1.86. The summed E-state index contributed by atoms with van der Waals surface area (Å²) in [6.07, 6.45) is 0. The van der Waals surface area contributed by atoms with Gasteiger partial charge in [-0.25, -0.2) is 0 Å². The maximum absolute atomic E-state index is 5.65. The molecule has 2 nitrogen and oxygen atoms in total. The Hall–Kier alpha value is -2.24. The first-order chi connectivity index (χ1) is 9.88. The molecule has 0 radical (unpaired) electrons. The number of benzene rings is 2. The molecule has 0 spiro atoms. The molecular formula is C18H19NO. The van der Waals surface area contributed by atoms with Gasteiger partial charge in [0.2, 0.25) is 0 Å². The number of hydrogen-bond acceptors (Lipinski definition) is 2. The van der Waals surface area contributed by atoms with Crippen molar-refractivity contribution in [1.82, 2.24) is 5.32 Å². The summed E-state index contributed by atoms with van der Waals surface area (Å²) in [5.74, 6) is 6.97. The molecule has 0 aliphatic heterocycles. The van der Waals surface area contributed by atoms with Gasteiger partial charge in [-0.05, 0) is 36.4 Å². The topological polar surface area (TPSA) is 21.3 Å². The summed E-state index contributed by atoms with van der Waals surface area (Å²) >= 11 is 0. The zero-order valence-corrected chi connectivity index (χ0v) is 11.7. The maximum atomic E-state index is 5.65. The van der Waals surface area contributed by atoms with E-state index in [2.05, 4.69) is 30.1 Å². The summed E-state index contributed by atoms with van der Waals surface area (Å²) in [5, 5.41) is 3.30. The minimum atomic E-state index is 0.402. The molecule has 20 heavy (non-hydrogen) atoms. The molecule has 0 aromatic heterocycles. The van der Waals surface area contributed by atoms with Gasteiger partial charge in [0.25, 0.3) is 0 Å². The minimum Gasteiger partial charge on any atom is -0.481 e. The molecule has 0 saturated heterocycles. The van der Waals surface area contributed by atoms with Crippen LogP contribution in [-0.2, 0) is 6.54 Å². The lowest BCUT2D eigenvalue weighted by atomic mass is 10.2. The van der Waals surface area contributed by atoms with Crippen molar-refractivity contribution in [2.24, 2.45) is 0 Å². The molecule has 0 unspecified atom stereocenters. The number of rotatable bonds is 5. The van der Waals surface area contributed by atoms with Crippen LogP contribution in [0.15, 0.2) is 54.6 Å². The molecular weight excluding hydrogens is 246 g/mol. The first-order valence-electron chi connectivity index (χ1n) is 6.85. The van der Waals surface area contributed by atoms with E-state index in [9.17, 15) is 0 Å². The molecule has 0 fully saturated rings. The molecule has 1 N–H and O–H groups in total. The maximum Gasteiger partial charge on any atom is 0.149 e. The van der Waals surface area contributed by atoms with Crippen LogP contribution in [0.5, 0.6) is 5.75 Å². The lowest BCUT2D eigenvalue weighted by Gasteiger charge is -2.05. The van der Waals surface area contributed by atoms with Crippen LogP contribution in [0.2, 0.25) is 0 Å². The van der Waals surface area contributed by atoms with Crippen molar-refractivity contribution in [2.45, 2.75) is 13.5 Å². The Bertz CT molecular complexity index is 581. The molecule has 0 aliphatic carbocycles. The monoisotopic (exact) mass is 265 g/mol.